The quantitative estimate of drug-likeness (QED) is 0.475. The van der Waals surface area contributed by atoms with Gasteiger partial charge >= 0.3 is 0 Å². The fourth-order valence-corrected chi connectivity index (χ4v) is 5.41. The Labute approximate surface area is 208 Å². The number of hydrogen-bond donors (Lipinski definition) is 2. The molecule has 0 bridgehead atoms. The Bertz CT molecular complexity index is 1260. The van der Waals surface area contributed by atoms with E-state index in [1.807, 2.05) is 13.8 Å². The second-order valence-electron chi connectivity index (χ2n) is 9.56. The first kappa shape index (κ1) is 25.1. The van der Waals surface area contributed by atoms with E-state index in [-0.39, 0.29) is 23.6 Å². The Balaban J connectivity index is 1.52. The van der Waals surface area contributed by atoms with Gasteiger partial charge in [0.25, 0.3) is 0 Å². The lowest BCUT2D eigenvalue weighted by atomic mass is 10.0. The molecule has 186 valence electrons. The second kappa shape index (κ2) is 10.3. The summed E-state index contributed by atoms with van der Waals surface area (Å²) in [5.41, 5.74) is 5.46. The molecule has 1 aliphatic rings. The summed E-state index contributed by atoms with van der Waals surface area (Å²) in [6.07, 6.45) is 3.44. The van der Waals surface area contributed by atoms with E-state index in [1.165, 1.54) is 11.1 Å². The Morgan fingerprint density at radius 2 is 1.69 bits per heavy atom. The van der Waals surface area contributed by atoms with Crippen molar-refractivity contribution >= 4 is 15.9 Å². The number of likely N-dealkylation sites (tertiary alicyclic amines) is 1. The fourth-order valence-electron chi connectivity index (χ4n) is 4.48. The highest BCUT2D eigenvalue weighted by atomic mass is 32.2. The molecule has 8 heteroatoms. The first-order valence-corrected chi connectivity index (χ1v) is 13.9. The smallest absolute Gasteiger partial charge is 0.241 e. The van der Waals surface area contributed by atoms with E-state index < -0.39 is 16.1 Å². The van der Waals surface area contributed by atoms with Crippen molar-refractivity contribution in [2.45, 2.75) is 52.6 Å². The summed E-state index contributed by atoms with van der Waals surface area (Å²) in [7, 11) is -3.50. The second-order valence-corrected chi connectivity index (χ2v) is 11.6. The van der Waals surface area contributed by atoms with Crippen LogP contribution in [-0.4, -0.2) is 47.5 Å². The highest BCUT2D eigenvalue weighted by molar-refractivity contribution is 7.89. The molecular weight excluding hydrogens is 460 g/mol. The maximum atomic E-state index is 13.4. The van der Waals surface area contributed by atoms with E-state index in [9.17, 15) is 13.2 Å². The van der Waals surface area contributed by atoms with Gasteiger partial charge in [-0.15, -0.1) is 0 Å². The fraction of sp³-hybridized carbons (Fsp3) is 0.407. The number of hydrogen-bond acceptors (Lipinski definition) is 4. The molecule has 0 saturated carbocycles. The van der Waals surface area contributed by atoms with Gasteiger partial charge in [-0.3, -0.25) is 4.79 Å². The van der Waals surface area contributed by atoms with Crippen molar-refractivity contribution in [2.75, 3.05) is 12.3 Å². The maximum absolute atomic E-state index is 13.4. The molecule has 35 heavy (non-hydrogen) atoms. The van der Waals surface area contributed by atoms with Crippen molar-refractivity contribution in [1.29, 1.82) is 0 Å². The first-order valence-electron chi connectivity index (χ1n) is 12.2. The van der Waals surface area contributed by atoms with Crippen LogP contribution in [0.4, 0.5) is 0 Å². The number of nitrogens with zero attached hydrogens (tertiary/aromatic N) is 2. The van der Waals surface area contributed by atoms with Gasteiger partial charge in [-0.1, -0.05) is 67.9 Å². The molecule has 7 nitrogen and oxygen atoms in total. The van der Waals surface area contributed by atoms with Crippen LogP contribution in [-0.2, 0) is 14.8 Å². The number of imidazole rings is 1. The summed E-state index contributed by atoms with van der Waals surface area (Å²) in [6.45, 7) is 7.95. The van der Waals surface area contributed by atoms with Crippen LogP contribution in [0.3, 0.4) is 0 Å². The van der Waals surface area contributed by atoms with Gasteiger partial charge in [0.05, 0.1) is 23.7 Å². The molecule has 1 aliphatic heterocycles. The van der Waals surface area contributed by atoms with E-state index in [0.717, 1.165) is 35.5 Å². The van der Waals surface area contributed by atoms with Crippen molar-refractivity contribution in [1.82, 2.24) is 19.6 Å². The van der Waals surface area contributed by atoms with Crippen LogP contribution >= 0.6 is 0 Å². The van der Waals surface area contributed by atoms with E-state index >= 15 is 0 Å². The molecule has 3 aromatic rings. The summed E-state index contributed by atoms with van der Waals surface area (Å²) < 4.78 is 26.9. The van der Waals surface area contributed by atoms with Crippen molar-refractivity contribution in [2.24, 2.45) is 5.92 Å². The zero-order chi connectivity index (χ0) is 25.2. The third-order valence-corrected chi connectivity index (χ3v) is 8.02. The summed E-state index contributed by atoms with van der Waals surface area (Å²) in [6, 6.07) is 15.8. The van der Waals surface area contributed by atoms with Crippen molar-refractivity contribution in [3.05, 3.63) is 66.1 Å². The number of sulfonamides is 1. The van der Waals surface area contributed by atoms with Crippen LogP contribution in [0.15, 0.2) is 54.7 Å². The standard InChI is InChI=1S/C27H34N4O3S/c1-5-35(33,34)30-25(18(2)3)27(32)31-16-6-7-24(31)26-28-17-23(29-26)22-14-12-21(13-15-22)20-10-8-19(4)9-11-20/h8-15,17-18,24-25,30H,5-7,16H2,1-4H3,(H,28,29)/t24-,25+/m0/s1. The highest BCUT2D eigenvalue weighted by Gasteiger charge is 2.38. The SMILES string of the molecule is CCS(=O)(=O)N[C@@H](C(=O)N1CCC[C@H]1c1ncc(-c2ccc(-c3ccc(C)cc3)cc2)[nH]1)C(C)C. The van der Waals surface area contributed by atoms with Crippen LogP contribution in [0, 0.1) is 12.8 Å². The lowest BCUT2D eigenvalue weighted by Crippen LogP contribution is -2.51. The van der Waals surface area contributed by atoms with Crippen molar-refractivity contribution in [3.63, 3.8) is 0 Å². The van der Waals surface area contributed by atoms with Crippen LogP contribution < -0.4 is 4.72 Å². The summed E-state index contributed by atoms with van der Waals surface area (Å²) in [4.78, 5) is 23.2. The predicted octanol–water partition coefficient (Wildman–Crippen LogP) is 4.68. The van der Waals surface area contributed by atoms with Crippen LogP contribution in [0.1, 0.15) is 51.0 Å². The summed E-state index contributed by atoms with van der Waals surface area (Å²) >= 11 is 0. The zero-order valence-corrected chi connectivity index (χ0v) is 21.6. The van der Waals surface area contributed by atoms with Gasteiger partial charge in [-0.25, -0.2) is 18.1 Å². The number of rotatable bonds is 8. The minimum atomic E-state index is -3.50. The molecule has 2 aromatic carbocycles. The van der Waals surface area contributed by atoms with Gasteiger partial charge in [0.2, 0.25) is 15.9 Å². The molecule has 1 aromatic heterocycles. The number of carbonyl (C=O) groups excluding carboxylic acids is 1. The molecule has 0 spiro atoms. The summed E-state index contributed by atoms with van der Waals surface area (Å²) in [5, 5.41) is 0. The number of nitrogens with one attached hydrogen (secondary N) is 2. The number of aromatic nitrogens is 2. The normalized spacial score (nSPS) is 17.2. The minimum Gasteiger partial charge on any atom is -0.340 e. The van der Waals surface area contributed by atoms with Crippen LogP contribution in [0.5, 0.6) is 0 Å². The number of H-pyrrole nitrogens is 1. The van der Waals surface area contributed by atoms with Crippen molar-refractivity contribution < 1.29 is 13.2 Å². The van der Waals surface area contributed by atoms with Gasteiger partial charge in [0.1, 0.15) is 11.9 Å². The lowest BCUT2D eigenvalue weighted by molar-refractivity contribution is -0.135. The molecule has 0 radical (unpaired) electrons. The average molecular weight is 495 g/mol. The Kier molecular flexibility index (Phi) is 7.42. The molecule has 4 rings (SSSR count). The molecule has 2 atom stereocenters. The monoisotopic (exact) mass is 494 g/mol. The molecule has 0 unspecified atom stereocenters. The third-order valence-electron chi connectivity index (χ3n) is 6.65. The summed E-state index contributed by atoms with van der Waals surface area (Å²) in [5.74, 6) is 0.315. The molecular formula is C27H34N4O3S. The molecule has 0 aliphatic carbocycles. The maximum Gasteiger partial charge on any atom is 0.241 e. The molecule has 2 N–H and O–H groups in total. The molecule has 2 heterocycles. The number of benzene rings is 2. The highest BCUT2D eigenvalue weighted by Crippen LogP contribution is 2.33. The molecule has 1 amide bonds. The largest absolute Gasteiger partial charge is 0.340 e. The third kappa shape index (κ3) is 5.65. The lowest BCUT2D eigenvalue weighted by Gasteiger charge is -2.30. The number of aromatic amines is 1. The van der Waals surface area contributed by atoms with Crippen molar-refractivity contribution in [3.8, 4) is 22.4 Å². The van der Waals surface area contributed by atoms with E-state index in [1.54, 1.807) is 18.0 Å². The van der Waals surface area contributed by atoms with E-state index in [4.69, 9.17) is 0 Å². The molecule has 1 fully saturated rings. The first-order chi connectivity index (χ1) is 16.7. The van der Waals surface area contributed by atoms with Crippen LogP contribution in [0.2, 0.25) is 0 Å². The number of aryl methyl sites for hydroxylation is 1. The minimum absolute atomic E-state index is 0.0584. The molecule has 1 saturated heterocycles. The number of carbonyl (C=O) groups is 1. The Hall–Kier alpha value is -2.97. The zero-order valence-electron chi connectivity index (χ0n) is 20.8. The van der Waals surface area contributed by atoms with E-state index in [0.29, 0.717) is 6.54 Å². The van der Waals surface area contributed by atoms with Crippen LogP contribution in [0.25, 0.3) is 22.4 Å². The predicted molar refractivity (Wildman–Crippen MR) is 139 cm³/mol. The van der Waals surface area contributed by atoms with E-state index in [2.05, 4.69) is 70.1 Å². The van der Waals surface area contributed by atoms with Gasteiger partial charge in [0, 0.05) is 6.54 Å². The number of amides is 1. The Morgan fingerprint density at radius 1 is 1.09 bits per heavy atom. The van der Waals surface area contributed by atoms with Gasteiger partial charge in [0.15, 0.2) is 0 Å². The Morgan fingerprint density at radius 3 is 2.29 bits per heavy atom. The van der Waals surface area contributed by atoms with Gasteiger partial charge in [-0.2, -0.15) is 0 Å². The van der Waals surface area contributed by atoms with Gasteiger partial charge < -0.3 is 9.88 Å². The topological polar surface area (TPSA) is 95.2 Å². The average Bonchev–Trinajstić information content (AvgIpc) is 3.52. The van der Waals surface area contributed by atoms with Gasteiger partial charge in [-0.05, 0) is 49.3 Å².